The number of carbonyl (C=O) groups is 1. The largest absolute Gasteiger partial charge is 0.462 e. The Morgan fingerprint density at radius 1 is 1.15 bits per heavy atom. The highest BCUT2D eigenvalue weighted by Gasteiger charge is 2.13. The fourth-order valence-corrected chi connectivity index (χ4v) is 2.24. The second kappa shape index (κ2) is 8.52. The van der Waals surface area contributed by atoms with Gasteiger partial charge in [0.25, 0.3) is 0 Å². The van der Waals surface area contributed by atoms with Crippen molar-refractivity contribution in [3.63, 3.8) is 0 Å². The van der Waals surface area contributed by atoms with Crippen LogP contribution in [0.4, 0.5) is 17.5 Å². The molecule has 0 aliphatic rings. The van der Waals surface area contributed by atoms with E-state index in [9.17, 15) is 4.79 Å². The van der Waals surface area contributed by atoms with Crippen LogP contribution in [0, 0.1) is 0 Å². The molecule has 8 nitrogen and oxygen atoms in total. The van der Waals surface area contributed by atoms with Gasteiger partial charge in [-0.3, -0.25) is 4.98 Å². The highest BCUT2D eigenvalue weighted by molar-refractivity contribution is 5.96. The summed E-state index contributed by atoms with van der Waals surface area (Å²) in [6, 6.07) is 10.8. The standard InChI is InChI=1S/C18H18N6O2/c1-2-26-17(25)14-7-3-4-8-15(14)22-18-23-16(12-21-24-18)20-11-13-6-5-9-19-10-13/h3-10,12H,2,11H2,1H3,(H2,20,22,23,24). The molecule has 132 valence electrons. The van der Waals surface area contributed by atoms with Crippen LogP contribution in [0.15, 0.2) is 55.0 Å². The van der Waals surface area contributed by atoms with Crippen LogP contribution in [0.5, 0.6) is 0 Å². The highest BCUT2D eigenvalue weighted by atomic mass is 16.5. The molecule has 3 aromatic rings. The first-order chi connectivity index (χ1) is 12.8. The molecule has 0 aliphatic heterocycles. The molecule has 0 radical (unpaired) electrons. The Bertz CT molecular complexity index is 872. The summed E-state index contributed by atoms with van der Waals surface area (Å²) in [6.07, 6.45) is 5.02. The lowest BCUT2D eigenvalue weighted by Crippen LogP contribution is -2.10. The normalized spacial score (nSPS) is 10.2. The van der Waals surface area contributed by atoms with E-state index in [4.69, 9.17) is 4.74 Å². The Kier molecular flexibility index (Phi) is 5.66. The predicted octanol–water partition coefficient (Wildman–Crippen LogP) is 2.80. The summed E-state index contributed by atoms with van der Waals surface area (Å²) in [5, 5.41) is 14.1. The van der Waals surface area contributed by atoms with Crippen molar-refractivity contribution in [2.24, 2.45) is 0 Å². The molecular formula is C18H18N6O2. The number of para-hydroxylation sites is 1. The third-order valence-electron chi connectivity index (χ3n) is 3.42. The van der Waals surface area contributed by atoms with E-state index in [1.807, 2.05) is 18.2 Å². The van der Waals surface area contributed by atoms with Gasteiger partial charge in [0.15, 0.2) is 5.82 Å². The van der Waals surface area contributed by atoms with Gasteiger partial charge < -0.3 is 15.4 Å². The van der Waals surface area contributed by atoms with Gasteiger partial charge in [-0.25, -0.2) is 4.79 Å². The first kappa shape index (κ1) is 17.3. The highest BCUT2D eigenvalue weighted by Crippen LogP contribution is 2.20. The van der Waals surface area contributed by atoms with Gasteiger partial charge in [0, 0.05) is 18.9 Å². The molecule has 3 rings (SSSR count). The van der Waals surface area contributed by atoms with E-state index < -0.39 is 5.97 Å². The summed E-state index contributed by atoms with van der Waals surface area (Å²) in [7, 11) is 0. The summed E-state index contributed by atoms with van der Waals surface area (Å²) >= 11 is 0. The minimum Gasteiger partial charge on any atom is -0.462 e. The SMILES string of the molecule is CCOC(=O)c1ccccc1Nc1nncc(NCc2cccnc2)n1. The number of nitrogens with zero attached hydrogens (tertiary/aromatic N) is 4. The zero-order valence-corrected chi connectivity index (χ0v) is 14.2. The third-order valence-corrected chi connectivity index (χ3v) is 3.42. The van der Waals surface area contributed by atoms with Gasteiger partial charge in [0.05, 0.1) is 24.1 Å². The number of aromatic nitrogens is 4. The van der Waals surface area contributed by atoms with E-state index >= 15 is 0 Å². The molecule has 0 amide bonds. The minimum atomic E-state index is -0.408. The van der Waals surface area contributed by atoms with Gasteiger partial charge in [-0.2, -0.15) is 10.1 Å². The lowest BCUT2D eigenvalue weighted by Gasteiger charge is -2.10. The van der Waals surface area contributed by atoms with Crippen LogP contribution in [0.1, 0.15) is 22.8 Å². The minimum absolute atomic E-state index is 0.276. The van der Waals surface area contributed by atoms with Crippen molar-refractivity contribution in [3.05, 3.63) is 66.1 Å². The number of hydrogen-bond acceptors (Lipinski definition) is 8. The molecule has 0 bridgehead atoms. The van der Waals surface area contributed by atoms with Crippen molar-refractivity contribution in [3.8, 4) is 0 Å². The summed E-state index contributed by atoms with van der Waals surface area (Å²) in [5.74, 6) is 0.423. The first-order valence-corrected chi connectivity index (χ1v) is 8.12. The molecule has 0 atom stereocenters. The number of benzene rings is 1. The van der Waals surface area contributed by atoms with Gasteiger partial charge in [0.2, 0.25) is 5.95 Å². The molecule has 26 heavy (non-hydrogen) atoms. The van der Waals surface area contributed by atoms with Gasteiger partial charge in [-0.15, -0.1) is 5.10 Å². The maximum absolute atomic E-state index is 12.0. The van der Waals surface area contributed by atoms with Gasteiger partial charge >= 0.3 is 5.97 Å². The van der Waals surface area contributed by atoms with E-state index in [1.165, 1.54) is 6.20 Å². The average Bonchev–Trinajstić information content (AvgIpc) is 2.68. The molecule has 0 spiro atoms. The number of pyridine rings is 1. The van der Waals surface area contributed by atoms with Crippen LogP contribution in [-0.4, -0.2) is 32.7 Å². The van der Waals surface area contributed by atoms with Crippen LogP contribution in [0.3, 0.4) is 0 Å². The van der Waals surface area contributed by atoms with Gasteiger partial charge in [-0.05, 0) is 30.7 Å². The Morgan fingerprint density at radius 3 is 2.85 bits per heavy atom. The van der Waals surface area contributed by atoms with Gasteiger partial charge in [-0.1, -0.05) is 18.2 Å². The van der Waals surface area contributed by atoms with E-state index in [1.54, 1.807) is 37.5 Å². The van der Waals surface area contributed by atoms with Crippen LogP contribution in [0.25, 0.3) is 0 Å². The number of carbonyl (C=O) groups excluding carboxylic acids is 1. The molecule has 0 saturated heterocycles. The Balaban J connectivity index is 1.72. The molecule has 2 heterocycles. The molecule has 0 saturated carbocycles. The van der Waals surface area contributed by atoms with E-state index in [0.717, 1.165) is 5.56 Å². The molecule has 2 N–H and O–H groups in total. The monoisotopic (exact) mass is 350 g/mol. The predicted molar refractivity (Wildman–Crippen MR) is 97.1 cm³/mol. The maximum Gasteiger partial charge on any atom is 0.340 e. The fraction of sp³-hybridized carbons (Fsp3) is 0.167. The molecule has 8 heteroatoms. The molecule has 2 aromatic heterocycles. The Labute approximate surface area is 150 Å². The quantitative estimate of drug-likeness (QED) is 0.627. The van der Waals surface area contributed by atoms with Gasteiger partial charge in [0.1, 0.15) is 0 Å². The number of rotatable bonds is 7. The number of nitrogens with one attached hydrogen (secondary N) is 2. The summed E-state index contributed by atoms with van der Waals surface area (Å²) in [5.41, 5.74) is 1.98. The number of hydrogen-bond donors (Lipinski definition) is 2. The molecule has 0 unspecified atom stereocenters. The van der Waals surface area contributed by atoms with Crippen molar-refractivity contribution in [1.29, 1.82) is 0 Å². The molecule has 0 aliphatic carbocycles. The summed E-state index contributed by atoms with van der Waals surface area (Å²) < 4.78 is 5.06. The second-order valence-electron chi connectivity index (χ2n) is 5.27. The Morgan fingerprint density at radius 2 is 2.04 bits per heavy atom. The smallest absolute Gasteiger partial charge is 0.340 e. The van der Waals surface area contributed by atoms with Crippen LogP contribution < -0.4 is 10.6 Å². The number of ether oxygens (including phenoxy) is 1. The zero-order chi connectivity index (χ0) is 18.2. The third kappa shape index (κ3) is 4.50. The van der Waals surface area contributed by atoms with E-state index in [0.29, 0.717) is 30.2 Å². The van der Waals surface area contributed by atoms with Crippen molar-refractivity contribution in [1.82, 2.24) is 20.2 Å². The van der Waals surface area contributed by atoms with Crippen LogP contribution in [0.2, 0.25) is 0 Å². The van der Waals surface area contributed by atoms with E-state index in [-0.39, 0.29) is 5.95 Å². The van der Waals surface area contributed by atoms with Crippen molar-refractivity contribution in [2.45, 2.75) is 13.5 Å². The van der Waals surface area contributed by atoms with Crippen molar-refractivity contribution < 1.29 is 9.53 Å². The maximum atomic E-state index is 12.0. The van der Waals surface area contributed by atoms with Crippen LogP contribution >= 0.6 is 0 Å². The van der Waals surface area contributed by atoms with Crippen molar-refractivity contribution >= 4 is 23.4 Å². The van der Waals surface area contributed by atoms with E-state index in [2.05, 4.69) is 30.8 Å². The second-order valence-corrected chi connectivity index (χ2v) is 5.27. The van der Waals surface area contributed by atoms with Crippen molar-refractivity contribution in [2.75, 3.05) is 17.2 Å². The Hall–Kier alpha value is -3.55. The first-order valence-electron chi connectivity index (χ1n) is 8.12. The molecule has 0 fully saturated rings. The zero-order valence-electron chi connectivity index (χ0n) is 14.2. The average molecular weight is 350 g/mol. The van der Waals surface area contributed by atoms with Crippen LogP contribution in [-0.2, 0) is 11.3 Å². The lowest BCUT2D eigenvalue weighted by atomic mass is 10.2. The molecular weight excluding hydrogens is 332 g/mol. The fourth-order valence-electron chi connectivity index (χ4n) is 2.24. The molecule has 1 aromatic carbocycles. The number of esters is 1. The number of anilines is 3. The summed E-state index contributed by atoms with van der Waals surface area (Å²) in [6.45, 7) is 2.63. The summed E-state index contributed by atoms with van der Waals surface area (Å²) in [4.78, 5) is 20.5. The lowest BCUT2D eigenvalue weighted by molar-refractivity contribution is 0.0527. The topological polar surface area (TPSA) is 102 Å².